The van der Waals surface area contributed by atoms with Crippen molar-refractivity contribution in [2.75, 3.05) is 14.2 Å². The Balaban J connectivity index is 2.43. The molecule has 0 spiro atoms. The molecule has 0 atom stereocenters. The molecule has 2 N–H and O–H groups in total. The molecule has 0 fully saturated rings. The molecule has 0 aliphatic heterocycles. The summed E-state index contributed by atoms with van der Waals surface area (Å²) in [4.78, 5) is 4.34. The molecule has 0 amide bonds. The predicted octanol–water partition coefficient (Wildman–Crippen LogP) is 2.22. The lowest BCUT2D eigenvalue weighted by Gasteiger charge is -2.09. The zero-order valence-electron chi connectivity index (χ0n) is 10.5. The molecule has 0 aliphatic carbocycles. The van der Waals surface area contributed by atoms with Crippen LogP contribution in [0.25, 0.3) is 11.3 Å². The lowest BCUT2D eigenvalue weighted by Crippen LogP contribution is -1.97. The van der Waals surface area contributed by atoms with E-state index in [0.29, 0.717) is 18.0 Å². The third-order valence-electron chi connectivity index (χ3n) is 2.74. The molecule has 0 saturated heterocycles. The van der Waals surface area contributed by atoms with Crippen LogP contribution in [0.3, 0.4) is 0 Å². The molecule has 0 aliphatic rings. The van der Waals surface area contributed by atoms with E-state index in [0.717, 1.165) is 16.8 Å². The number of ether oxygens (including phenoxy) is 2. The van der Waals surface area contributed by atoms with Crippen molar-refractivity contribution in [3.8, 4) is 22.8 Å². The van der Waals surface area contributed by atoms with Gasteiger partial charge >= 0.3 is 0 Å². The second kappa shape index (κ2) is 5.51. The van der Waals surface area contributed by atoms with Gasteiger partial charge in [0, 0.05) is 18.3 Å². The van der Waals surface area contributed by atoms with Gasteiger partial charge in [-0.2, -0.15) is 0 Å². The van der Waals surface area contributed by atoms with Crippen molar-refractivity contribution < 1.29 is 9.47 Å². The highest BCUT2D eigenvalue weighted by Crippen LogP contribution is 2.31. The van der Waals surface area contributed by atoms with Gasteiger partial charge in [0.2, 0.25) is 0 Å². The fraction of sp³-hybridized carbons (Fsp3) is 0.214. The molecule has 1 heterocycles. The normalized spacial score (nSPS) is 10.2. The van der Waals surface area contributed by atoms with E-state index in [1.165, 1.54) is 0 Å². The van der Waals surface area contributed by atoms with E-state index in [2.05, 4.69) is 4.98 Å². The second-order valence-electron chi connectivity index (χ2n) is 3.82. The van der Waals surface area contributed by atoms with E-state index in [-0.39, 0.29) is 0 Å². The summed E-state index contributed by atoms with van der Waals surface area (Å²) in [5.74, 6) is 1.39. The Bertz CT molecular complexity index is 541. The molecule has 2 aromatic rings. The molecule has 0 bridgehead atoms. The predicted molar refractivity (Wildman–Crippen MR) is 70.7 cm³/mol. The zero-order valence-corrected chi connectivity index (χ0v) is 10.5. The summed E-state index contributed by atoms with van der Waals surface area (Å²) in [6.07, 6.45) is 1.76. The van der Waals surface area contributed by atoms with Gasteiger partial charge in [0.05, 0.1) is 19.9 Å². The van der Waals surface area contributed by atoms with E-state index >= 15 is 0 Å². The molecule has 0 saturated carbocycles. The summed E-state index contributed by atoms with van der Waals surface area (Å²) < 4.78 is 10.5. The van der Waals surface area contributed by atoms with Crippen LogP contribution in [-0.4, -0.2) is 19.2 Å². The van der Waals surface area contributed by atoms with Crippen LogP contribution < -0.4 is 15.2 Å². The lowest BCUT2D eigenvalue weighted by atomic mass is 10.1. The van der Waals surface area contributed by atoms with Crippen molar-refractivity contribution in [3.05, 3.63) is 42.1 Å². The number of methoxy groups -OCH3 is 2. The van der Waals surface area contributed by atoms with E-state index in [1.807, 2.05) is 30.3 Å². The van der Waals surface area contributed by atoms with Gasteiger partial charge in [-0.05, 0) is 35.9 Å². The van der Waals surface area contributed by atoms with Crippen molar-refractivity contribution in [2.45, 2.75) is 6.54 Å². The number of nitrogens with two attached hydrogens (primary N) is 1. The van der Waals surface area contributed by atoms with E-state index in [9.17, 15) is 0 Å². The van der Waals surface area contributed by atoms with Crippen LogP contribution in [-0.2, 0) is 6.54 Å². The first kappa shape index (κ1) is 12.4. The van der Waals surface area contributed by atoms with Gasteiger partial charge in [-0.15, -0.1) is 0 Å². The monoisotopic (exact) mass is 244 g/mol. The maximum absolute atomic E-state index is 5.63. The molecule has 94 valence electrons. The average molecular weight is 244 g/mol. The van der Waals surface area contributed by atoms with Gasteiger partial charge in [0.15, 0.2) is 11.5 Å². The van der Waals surface area contributed by atoms with Gasteiger partial charge in [-0.3, -0.25) is 4.98 Å². The van der Waals surface area contributed by atoms with Crippen molar-refractivity contribution >= 4 is 0 Å². The Hall–Kier alpha value is -2.07. The fourth-order valence-corrected chi connectivity index (χ4v) is 1.75. The first-order valence-corrected chi connectivity index (χ1v) is 5.66. The van der Waals surface area contributed by atoms with Gasteiger partial charge < -0.3 is 15.2 Å². The quantitative estimate of drug-likeness (QED) is 0.896. The summed E-state index contributed by atoms with van der Waals surface area (Å²) >= 11 is 0. The van der Waals surface area contributed by atoms with Crippen LogP contribution >= 0.6 is 0 Å². The summed E-state index contributed by atoms with van der Waals surface area (Å²) in [7, 11) is 3.23. The van der Waals surface area contributed by atoms with Crippen molar-refractivity contribution in [1.82, 2.24) is 4.98 Å². The molecule has 0 radical (unpaired) electrons. The lowest BCUT2D eigenvalue weighted by molar-refractivity contribution is 0.355. The van der Waals surface area contributed by atoms with E-state index in [4.69, 9.17) is 15.2 Å². The minimum absolute atomic E-state index is 0.503. The molecule has 2 rings (SSSR count). The van der Waals surface area contributed by atoms with Crippen molar-refractivity contribution in [1.29, 1.82) is 0 Å². The van der Waals surface area contributed by atoms with Gasteiger partial charge in [0.1, 0.15) is 0 Å². The molecular weight excluding hydrogens is 228 g/mol. The van der Waals surface area contributed by atoms with Gasteiger partial charge in [-0.25, -0.2) is 0 Å². The highest BCUT2D eigenvalue weighted by atomic mass is 16.5. The topological polar surface area (TPSA) is 57.4 Å². The zero-order chi connectivity index (χ0) is 13.0. The van der Waals surface area contributed by atoms with Gasteiger partial charge in [0.25, 0.3) is 0 Å². The summed E-state index contributed by atoms with van der Waals surface area (Å²) in [6, 6.07) is 9.60. The molecule has 4 heteroatoms. The summed E-state index contributed by atoms with van der Waals surface area (Å²) in [5, 5.41) is 0. The third kappa shape index (κ3) is 2.43. The Morgan fingerprint density at radius 2 is 1.83 bits per heavy atom. The van der Waals surface area contributed by atoms with E-state index in [1.54, 1.807) is 20.4 Å². The minimum Gasteiger partial charge on any atom is -0.493 e. The Kier molecular flexibility index (Phi) is 3.79. The highest BCUT2D eigenvalue weighted by molar-refractivity contribution is 5.64. The van der Waals surface area contributed by atoms with Crippen LogP contribution in [0, 0.1) is 0 Å². The number of hydrogen-bond acceptors (Lipinski definition) is 4. The SMILES string of the molecule is COc1ccc(-c2cc(CN)ccn2)cc1OC. The maximum Gasteiger partial charge on any atom is 0.161 e. The molecule has 0 unspecified atom stereocenters. The smallest absolute Gasteiger partial charge is 0.161 e. The average Bonchev–Trinajstić information content (AvgIpc) is 2.46. The maximum atomic E-state index is 5.63. The number of rotatable bonds is 4. The molecule has 18 heavy (non-hydrogen) atoms. The fourth-order valence-electron chi connectivity index (χ4n) is 1.75. The summed E-state index contributed by atoms with van der Waals surface area (Å²) in [6.45, 7) is 0.503. The van der Waals surface area contributed by atoms with Crippen molar-refractivity contribution in [3.63, 3.8) is 0 Å². The second-order valence-corrected chi connectivity index (χ2v) is 3.82. The Morgan fingerprint density at radius 1 is 1.06 bits per heavy atom. The van der Waals surface area contributed by atoms with Crippen molar-refractivity contribution in [2.24, 2.45) is 5.73 Å². The number of nitrogens with zero attached hydrogens (tertiary/aromatic N) is 1. The van der Waals surface area contributed by atoms with Gasteiger partial charge in [-0.1, -0.05) is 0 Å². The standard InChI is InChI=1S/C14H16N2O2/c1-17-13-4-3-11(8-14(13)18-2)12-7-10(9-15)5-6-16-12/h3-8H,9,15H2,1-2H3. The molecule has 1 aromatic heterocycles. The van der Waals surface area contributed by atoms with Crippen LogP contribution in [0.4, 0.5) is 0 Å². The third-order valence-corrected chi connectivity index (χ3v) is 2.74. The summed E-state index contributed by atoms with van der Waals surface area (Å²) in [5.41, 5.74) is 8.53. The number of pyridine rings is 1. The van der Waals surface area contributed by atoms with Crippen LogP contribution in [0.2, 0.25) is 0 Å². The number of aromatic nitrogens is 1. The molecule has 4 nitrogen and oxygen atoms in total. The molecular formula is C14H16N2O2. The van der Waals surface area contributed by atoms with Crippen LogP contribution in [0.1, 0.15) is 5.56 Å². The largest absolute Gasteiger partial charge is 0.493 e. The Labute approximate surface area is 106 Å². The highest BCUT2D eigenvalue weighted by Gasteiger charge is 2.07. The van der Waals surface area contributed by atoms with E-state index < -0.39 is 0 Å². The number of hydrogen-bond donors (Lipinski definition) is 1. The van der Waals surface area contributed by atoms with Crippen LogP contribution in [0.5, 0.6) is 11.5 Å². The molecule has 1 aromatic carbocycles. The first-order chi connectivity index (χ1) is 8.78. The first-order valence-electron chi connectivity index (χ1n) is 5.66. The van der Waals surface area contributed by atoms with Crippen LogP contribution in [0.15, 0.2) is 36.5 Å². The minimum atomic E-state index is 0.503. The Morgan fingerprint density at radius 3 is 2.50 bits per heavy atom. The number of benzene rings is 1.